The van der Waals surface area contributed by atoms with Crippen molar-refractivity contribution < 1.29 is 10.2 Å². The Balaban J connectivity index is 2.32. The smallest absolute Gasteiger partial charge is 0.136 e. The molecule has 116 valence electrons. The minimum Gasteiger partial charge on any atom is -0.506 e. The summed E-state index contributed by atoms with van der Waals surface area (Å²) in [7, 11) is 0. The van der Waals surface area contributed by atoms with Gasteiger partial charge in [0.05, 0.1) is 10.1 Å². The minimum absolute atomic E-state index is 0.0944. The second-order valence-electron chi connectivity index (χ2n) is 8.48. The first-order valence-electron chi connectivity index (χ1n) is 7.71. The van der Waals surface area contributed by atoms with Crippen LogP contribution < -0.4 is 0 Å². The molecule has 2 atom stereocenters. The van der Waals surface area contributed by atoms with Gasteiger partial charge in [-0.1, -0.05) is 20.8 Å². The maximum Gasteiger partial charge on any atom is 0.136 e. The SMILES string of the molecule is Cc1c(C)c2c(c(O)c1Br)C1(O)CC(C)(C)CC(C)(C2)C1. The zero-order chi connectivity index (χ0) is 15.8. The summed E-state index contributed by atoms with van der Waals surface area (Å²) in [6, 6.07) is 0. The molecule has 0 aliphatic heterocycles. The van der Waals surface area contributed by atoms with E-state index < -0.39 is 5.60 Å². The molecule has 1 fully saturated rings. The van der Waals surface area contributed by atoms with Crippen molar-refractivity contribution in [3.63, 3.8) is 0 Å². The van der Waals surface area contributed by atoms with E-state index in [4.69, 9.17) is 0 Å². The lowest BCUT2D eigenvalue weighted by Crippen LogP contribution is -2.50. The second kappa shape index (κ2) is 4.26. The highest BCUT2D eigenvalue weighted by Gasteiger charge is 2.54. The molecule has 1 saturated carbocycles. The molecular formula is C18H25BrO2. The summed E-state index contributed by atoms with van der Waals surface area (Å²) < 4.78 is 0.735. The first-order valence-corrected chi connectivity index (χ1v) is 8.51. The largest absolute Gasteiger partial charge is 0.506 e. The molecule has 0 amide bonds. The van der Waals surface area contributed by atoms with Gasteiger partial charge in [0, 0.05) is 5.56 Å². The van der Waals surface area contributed by atoms with Crippen molar-refractivity contribution in [1.82, 2.24) is 0 Å². The maximum absolute atomic E-state index is 11.4. The van der Waals surface area contributed by atoms with Crippen LogP contribution in [0.2, 0.25) is 0 Å². The van der Waals surface area contributed by atoms with Crippen molar-refractivity contribution in [2.75, 3.05) is 0 Å². The maximum atomic E-state index is 11.4. The monoisotopic (exact) mass is 352 g/mol. The van der Waals surface area contributed by atoms with Crippen molar-refractivity contribution in [2.24, 2.45) is 10.8 Å². The molecule has 3 rings (SSSR count). The van der Waals surface area contributed by atoms with Gasteiger partial charge in [-0.15, -0.1) is 0 Å². The predicted octanol–water partition coefficient (Wildman–Crippen LogP) is 4.73. The number of hydrogen-bond donors (Lipinski definition) is 2. The van der Waals surface area contributed by atoms with E-state index in [0.29, 0.717) is 6.42 Å². The summed E-state index contributed by atoms with van der Waals surface area (Å²) in [5.74, 6) is 0.246. The third-order valence-corrected chi connectivity index (χ3v) is 6.53. The molecule has 0 heterocycles. The molecule has 1 aromatic carbocycles. The molecular weight excluding hydrogens is 328 g/mol. The van der Waals surface area contributed by atoms with Crippen LogP contribution in [0, 0.1) is 24.7 Å². The molecule has 2 bridgehead atoms. The Bertz CT molecular complexity index is 635. The van der Waals surface area contributed by atoms with Crippen LogP contribution in [0.15, 0.2) is 4.47 Å². The Labute approximate surface area is 135 Å². The number of aliphatic hydroxyl groups is 1. The molecule has 21 heavy (non-hydrogen) atoms. The van der Waals surface area contributed by atoms with E-state index in [-0.39, 0.29) is 16.6 Å². The Morgan fingerprint density at radius 2 is 1.62 bits per heavy atom. The number of fused-ring (bicyclic) bond motifs is 4. The van der Waals surface area contributed by atoms with E-state index in [1.54, 1.807) is 0 Å². The fourth-order valence-corrected chi connectivity index (χ4v) is 5.80. The van der Waals surface area contributed by atoms with Crippen LogP contribution in [0.1, 0.15) is 62.3 Å². The van der Waals surface area contributed by atoms with E-state index in [1.807, 2.05) is 6.92 Å². The number of benzene rings is 1. The lowest BCUT2D eigenvalue weighted by Gasteiger charge is -2.55. The van der Waals surface area contributed by atoms with E-state index in [0.717, 1.165) is 34.9 Å². The van der Waals surface area contributed by atoms with Crippen LogP contribution in [0.5, 0.6) is 5.75 Å². The summed E-state index contributed by atoms with van der Waals surface area (Å²) in [5.41, 5.74) is 3.53. The molecule has 3 heteroatoms. The zero-order valence-electron chi connectivity index (χ0n) is 13.6. The Hall–Kier alpha value is -0.540. The quantitative estimate of drug-likeness (QED) is 0.708. The molecule has 0 spiro atoms. The minimum atomic E-state index is -0.908. The Morgan fingerprint density at radius 1 is 1.00 bits per heavy atom. The van der Waals surface area contributed by atoms with E-state index in [9.17, 15) is 10.2 Å². The Kier molecular flexibility index (Phi) is 3.11. The first kappa shape index (κ1) is 15.4. The highest BCUT2D eigenvalue weighted by atomic mass is 79.9. The summed E-state index contributed by atoms with van der Waals surface area (Å²) in [5, 5.41) is 22.1. The van der Waals surface area contributed by atoms with Gasteiger partial charge in [-0.2, -0.15) is 0 Å². The number of hydrogen-bond acceptors (Lipinski definition) is 2. The van der Waals surface area contributed by atoms with E-state index in [1.165, 1.54) is 11.1 Å². The number of aromatic hydroxyl groups is 1. The normalized spacial score (nSPS) is 33.7. The molecule has 0 aromatic heterocycles. The van der Waals surface area contributed by atoms with Gasteiger partial charge in [-0.05, 0) is 83.0 Å². The molecule has 2 aliphatic rings. The summed E-state index contributed by atoms with van der Waals surface area (Å²) in [6.07, 6.45) is 3.53. The van der Waals surface area contributed by atoms with Gasteiger partial charge in [0.15, 0.2) is 0 Å². The average Bonchev–Trinajstić information content (AvgIpc) is 2.28. The molecule has 2 aliphatic carbocycles. The number of phenolic OH excluding ortho intramolecular Hbond substituents is 1. The zero-order valence-corrected chi connectivity index (χ0v) is 15.2. The van der Waals surface area contributed by atoms with Crippen LogP contribution in [0.25, 0.3) is 0 Å². The molecule has 1 aromatic rings. The van der Waals surface area contributed by atoms with Gasteiger partial charge in [-0.3, -0.25) is 0 Å². The highest BCUT2D eigenvalue weighted by Crippen LogP contribution is 2.61. The average molecular weight is 353 g/mol. The predicted molar refractivity (Wildman–Crippen MR) is 88.6 cm³/mol. The summed E-state index contributed by atoms with van der Waals surface area (Å²) >= 11 is 3.50. The van der Waals surface area contributed by atoms with Crippen LogP contribution in [0.4, 0.5) is 0 Å². The number of rotatable bonds is 0. The van der Waals surface area contributed by atoms with Gasteiger partial charge < -0.3 is 10.2 Å². The van der Waals surface area contributed by atoms with Gasteiger partial charge in [0.1, 0.15) is 5.75 Å². The third-order valence-electron chi connectivity index (χ3n) is 5.56. The third kappa shape index (κ3) is 2.16. The topological polar surface area (TPSA) is 40.5 Å². The van der Waals surface area contributed by atoms with Crippen molar-refractivity contribution >= 4 is 15.9 Å². The second-order valence-corrected chi connectivity index (χ2v) is 9.27. The molecule has 0 saturated heterocycles. The van der Waals surface area contributed by atoms with E-state index >= 15 is 0 Å². The first-order chi connectivity index (χ1) is 9.48. The van der Waals surface area contributed by atoms with Gasteiger partial charge in [-0.25, -0.2) is 0 Å². The van der Waals surface area contributed by atoms with Crippen LogP contribution in [0.3, 0.4) is 0 Å². The highest BCUT2D eigenvalue weighted by molar-refractivity contribution is 9.10. The molecule has 2 nitrogen and oxygen atoms in total. The van der Waals surface area contributed by atoms with Gasteiger partial charge in [0.25, 0.3) is 0 Å². The molecule has 2 unspecified atom stereocenters. The van der Waals surface area contributed by atoms with Crippen molar-refractivity contribution in [2.45, 2.75) is 65.9 Å². The van der Waals surface area contributed by atoms with Crippen molar-refractivity contribution in [3.05, 3.63) is 26.7 Å². The van der Waals surface area contributed by atoms with Gasteiger partial charge >= 0.3 is 0 Å². The molecule has 0 radical (unpaired) electrons. The summed E-state index contributed by atoms with van der Waals surface area (Å²) in [4.78, 5) is 0. The molecule has 2 N–H and O–H groups in total. The van der Waals surface area contributed by atoms with Crippen LogP contribution in [-0.4, -0.2) is 10.2 Å². The lowest BCUT2D eigenvalue weighted by molar-refractivity contribution is -0.108. The number of phenols is 1. The van der Waals surface area contributed by atoms with Crippen LogP contribution in [-0.2, 0) is 12.0 Å². The Morgan fingerprint density at radius 3 is 2.24 bits per heavy atom. The number of halogens is 1. The summed E-state index contributed by atoms with van der Waals surface area (Å²) in [6.45, 7) is 10.9. The lowest BCUT2D eigenvalue weighted by atomic mass is 9.52. The standard InChI is InChI=1S/C18H25BrO2/c1-10-11(2)14(19)15(20)13-12(10)6-17(5)7-16(3,4)8-18(13,21)9-17/h20-21H,6-9H2,1-5H3. The van der Waals surface area contributed by atoms with Crippen LogP contribution >= 0.6 is 15.9 Å². The fraction of sp³-hybridized carbons (Fsp3) is 0.667. The van der Waals surface area contributed by atoms with Crippen molar-refractivity contribution in [3.8, 4) is 5.75 Å². The fourth-order valence-electron chi connectivity index (χ4n) is 5.30. The van der Waals surface area contributed by atoms with E-state index in [2.05, 4.69) is 43.6 Å². The van der Waals surface area contributed by atoms with Gasteiger partial charge in [0.2, 0.25) is 0 Å². The van der Waals surface area contributed by atoms with Crippen molar-refractivity contribution in [1.29, 1.82) is 0 Å².